The number of aromatic nitrogens is 2. The monoisotopic (exact) mass is 411 g/mol. The van der Waals surface area contributed by atoms with Crippen LogP contribution >= 0.6 is 0 Å². The van der Waals surface area contributed by atoms with Gasteiger partial charge in [-0.2, -0.15) is 0 Å². The number of hydrogen-bond donors (Lipinski definition) is 3. The lowest BCUT2D eigenvalue weighted by atomic mass is 9.96. The molecule has 0 saturated heterocycles. The van der Waals surface area contributed by atoms with Gasteiger partial charge in [0, 0.05) is 30.8 Å². The van der Waals surface area contributed by atoms with Crippen LogP contribution in [0.2, 0.25) is 0 Å². The van der Waals surface area contributed by atoms with E-state index in [4.69, 9.17) is 0 Å². The molecule has 0 spiro atoms. The molecule has 162 valence electrons. The number of benzene rings is 1. The van der Waals surface area contributed by atoms with Crippen LogP contribution in [-0.4, -0.2) is 34.3 Å². The van der Waals surface area contributed by atoms with Crippen molar-refractivity contribution in [1.29, 1.82) is 0 Å². The molecule has 3 N–H and O–H groups in total. The number of hydrogen-bond acceptors (Lipinski definition) is 3. The molecule has 3 amide bonds. The van der Waals surface area contributed by atoms with E-state index in [0.717, 1.165) is 43.4 Å². The van der Waals surface area contributed by atoms with Gasteiger partial charge in [-0.05, 0) is 44.7 Å². The summed E-state index contributed by atoms with van der Waals surface area (Å²) in [7, 11) is 0. The zero-order valence-corrected chi connectivity index (χ0v) is 17.8. The average molecular weight is 412 g/mol. The molecule has 1 aliphatic carbocycles. The van der Waals surface area contributed by atoms with E-state index in [-0.39, 0.29) is 11.9 Å². The van der Waals surface area contributed by atoms with E-state index in [0.29, 0.717) is 24.8 Å². The van der Waals surface area contributed by atoms with Crippen molar-refractivity contribution in [2.45, 2.75) is 70.8 Å². The van der Waals surface area contributed by atoms with E-state index in [9.17, 15) is 9.59 Å². The van der Waals surface area contributed by atoms with Gasteiger partial charge in [-0.3, -0.25) is 4.79 Å². The molecule has 0 unspecified atom stereocenters. The molecule has 7 nitrogen and oxygen atoms in total. The lowest BCUT2D eigenvalue weighted by Gasteiger charge is -2.22. The highest BCUT2D eigenvalue weighted by molar-refractivity contribution is 5.90. The van der Waals surface area contributed by atoms with Gasteiger partial charge < -0.3 is 16.0 Å². The Morgan fingerprint density at radius 3 is 2.60 bits per heavy atom. The van der Waals surface area contributed by atoms with Gasteiger partial charge in [0.05, 0.1) is 5.69 Å². The van der Waals surface area contributed by atoms with E-state index in [1.54, 1.807) is 4.68 Å². The summed E-state index contributed by atoms with van der Waals surface area (Å²) >= 11 is 0. The molecule has 1 saturated carbocycles. The number of para-hydroxylation sites is 1. The van der Waals surface area contributed by atoms with Crippen molar-refractivity contribution in [1.82, 2.24) is 20.4 Å². The molecule has 0 atom stereocenters. The van der Waals surface area contributed by atoms with Gasteiger partial charge in [0.25, 0.3) is 0 Å². The third-order valence-corrected chi connectivity index (χ3v) is 5.48. The number of amides is 3. The van der Waals surface area contributed by atoms with Gasteiger partial charge in [-0.25, -0.2) is 9.48 Å². The summed E-state index contributed by atoms with van der Waals surface area (Å²) < 4.78 is 1.77. The van der Waals surface area contributed by atoms with Crippen molar-refractivity contribution in [3.63, 3.8) is 0 Å². The first-order chi connectivity index (χ1) is 14.6. The van der Waals surface area contributed by atoms with Crippen molar-refractivity contribution in [3.8, 4) is 5.69 Å². The molecule has 1 aromatic heterocycles. The third kappa shape index (κ3) is 6.90. The topological polar surface area (TPSA) is 88.1 Å². The van der Waals surface area contributed by atoms with Crippen LogP contribution in [0.15, 0.2) is 36.5 Å². The first kappa shape index (κ1) is 21.9. The number of nitrogens with zero attached hydrogens (tertiary/aromatic N) is 2. The maximum absolute atomic E-state index is 12.2. The van der Waals surface area contributed by atoms with Crippen molar-refractivity contribution in [2.75, 3.05) is 11.9 Å². The van der Waals surface area contributed by atoms with E-state index in [1.165, 1.54) is 19.3 Å². The number of anilines is 1. The number of nitrogens with one attached hydrogen (secondary N) is 3. The fourth-order valence-corrected chi connectivity index (χ4v) is 3.76. The quantitative estimate of drug-likeness (QED) is 0.537. The standard InChI is InChI=1S/C23H33N5O2/c1-18-17-28(20-13-7-3-8-14-20)27-22(18)26-21(29)15-9-4-10-16-24-23(30)25-19-11-5-2-6-12-19/h3,7-8,13-14,17,19H,2,4-6,9-12,15-16H2,1H3,(H2,24,25,30)(H,26,27,29). The highest BCUT2D eigenvalue weighted by atomic mass is 16.2. The van der Waals surface area contributed by atoms with Crippen molar-refractivity contribution < 1.29 is 9.59 Å². The number of carbonyl (C=O) groups is 2. The van der Waals surface area contributed by atoms with E-state index >= 15 is 0 Å². The Kier molecular flexibility index (Phi) is 8.30. The van der Waals surface area contributed by atoms with Gasteiger partial charge in [0.2, 0.25) is 5.91 Å². The van der Waals surface area contributed by atoms with Crippen LogP contribution in [0.1, 0.15) is 63.4 Å². The van der Waals surface area contributed by atoms with Crippen LogP contribution < -0.4 is 16.0 Å². The third-order valence-electron chi connectivity index (χ3n) is 5.48. The summed E-state index contributed by atoms with van der Waals surface area (Å²) in [6, 6.07) is 10.1. The normalized spacial score (nSPS) is 14.3. The van der Waals surface area contributed by atoms with Gasteiger partial charge in [-0.1, -0.05) is 43.9 Å². The van der Waals surface area contributed by atoms with E-state index < -0.39 is 0 Å². The number of carbonyl (C=O) groups excluding carboxylic acids is 2. The first-order valence-corrected chi connectivity index (χ1v) is 11.1. The van der Waals surface area contributed by atoms with Gasteiger partial charge >= 0.3 is 6.03 Å². The predicted octanol–water partition coefficient (Wildman–Crippen LogP) is 4.31. The van der Waals surface area contributed by atoms with Crippen LogP contribution in [0.5, 0.6) is 0 Å². The molecule has 2 aromatic rings. The van der Waals surface area contributed by atoms with Crippen LogP contribution in [-0.2, 0) is 4.79 Å². The molecule has 30 heavy (non-hydrogen) atoms. The zero-order chi connectivity index (χ0) is 21.2. The largest absolute Gasteiger partial charge is 0.338 e. The predicted molar refractivity (Wildman–Crippen MR) is 119 cm³/mol. The van der Waals surface area contributed by atoms with E-state index in [2.05, 4.69) is 21.0 Å². The molecule has 1 aromatic carbocycles. The van der Waals surface area contributed by atoms with Crippen LogP contribution in [0, 0.1) is 6.92 Å². The highest BCUT2D eigenvalue weighted by Gasteiger charge is 2.15. The fraction of sp³-hybridized carbons (Fsp3) is 0.522. The Morgan fingerprint density at radius 1 is 1.07 bits per heavy atom. The number of unbranched alkanes of at least 4 members (excludes halogenated alkanes) is 2. The smallest absolute Gasteiger partial charge is 0.315 e. The lowest BCUT2D eigenvalue weighted by molar-refractivity contribution is -0.116. The Balaban J connectivity index is 1.29. The van der Waals surface area contributed by atoms with Gasteiger partial charge in [0.15, 0.2) is 5.82 Å². The van der Waals surface area contributed by atoms with E-state index in [1.807, 2.05) is 43.5 Å². The SMILES string of the molecule is Cc1cn(-c2ccccc2)nc1NC(=O)CCCCCNC(=O)NC1CCCCC1. The zero-order valence-electron chi connectivity index (χ0n) is 17.8. The second-order valence-electron chi connectivity index (χ2n) is 8.03. The summed E-state index contributed by atoms with van der Waals surface area (Å²) in [5.74, 6) is 0.573. The molecule has 0 aliphatic heterocycles. The minimum atomic E-state index is -0.0656. The average Bonchev–Trinajstić information content (AvgIpc) is 3.12. The summed E-state index contributed by atoms with van der Waals surface area (Å²) in [6.45, 7) is 2.58. The van der Waals surface area contributed by atoms with Gasteiger partial charge in [0.1, 0.15) is 0 Å². The Hall–Kier alpha value is -2.83. The summed E-state index contributed by atoms with van der Waals surface area (Å²) in [6.07, 6.45) is 10.8. The Labute approximate surface area is 178 Å². The second kappa shape index (κ2) is 11.4. The Morgan fingerprint density at radius 2 is 1.83 bits per heavy atom. The number of aryl methyl sites for hydroxylation is 1. The summed E-state index contributed by atoms with van der Waals surface area (Å²) in [5, 5.41) is 13.4. The minimum absolute atomic E-state index is 0.0283. The van der Waals surface area contributed by atoms with Crippen molar-refractivity contribution >= 4 is 17.8 Å². The number of urea groups is 1. The Bertz CT molecular complexity index is 812. The molecule has 1 heterocycles. The molecular weight excluding hydrogens is 378 g/mol. The molecule has 0 radical (unpaired) electrons. The van der Waals surface area contributed by atoms with Gasteiger partial charge in [-0.15, -0.1) is 5.10 Å². The molecule has 0 bridgehead atoms. The molecular formula is C23H33N5O2. The fourth-order valence-electron chi connectivity index (χ4n) is 3.76. The first-order valence-electron chi connectivity index (χ1n) is 11.1. The highest BCUT2D eigenvalue weighted by Crippen LogP contribution is 2.17. The number of rotatable bonds is 9. The molecule has 3 rings (SSSR count). The van der Waals surface area contributed by atoms with Crippen LogP contribution in [0.25, 0.3) is 5.69 Å². The summed E-state index contributed by atoms with van der Waals surface area (Å²) in [5.41, 5.74) is 1.89. The summed E-state index contributed by atoms with van der Waals surface area (Å²) in [4.78, 5) is 24.1. The van der Waals surface area contributed by atoms with Crippen molar-refractivity contribution in [3.05, 3.63) is 42.1 Å². The second-order valence-corrected chi connectivity index (χ2v) is 8.03. The molecule has 7 heteroatoms. The molecule has 1 aliphatic rings. The maximum atomic E-state index is 12.2. The van der Waals surface area contributed by atoms with Crippen molar-refractivity contribution in [2.24, 2.45) is 0 Å². The van der Waals surface area contributed by atoms with Crippen LogP contribution in [0.3, 0.4) is 0 Å². The lowest BCUT2D eigenvalue weighted by Crippen LogP contribution is -2.43. The molecule has 1 fully saturated rings. The van der Waals surface area contributed by atoms with Crippen LogP contribution in [0.4, 0.5) is 10.6 Å². The minimum Gasteiger partial charge on any atom is -0.338 e. The maximum Gasteiger partial charge on any atom is 0.315 e.